The van der Waals surface area contributed by atoms with Crippen LogP contribution in [0.15, 0.2) is 0 Å². The molecule has 4 nitrogen and oxygen atoms in total. The fourth-order valence-electron chi connectivity index (χ4n) is 2.51. The first-order valence-corrected chi connectivity index (χ1v) is 7.21. The van der Waals surface area contributed by atoms with E-state index in [1.165, 1.54) is 12.8 Å². The predicted molar refractivity (Wildman–Crippen MR) is 71.7 cm³/mol. The number of aliphatic carboxylic acids is 1. The molecule has 1 fully saturated rings. The maximum absolute atomic E-state index is 11.0. The summed E-state index contributed by atoms with van der Waals surface area (Å²) in [6.45, 7) is 5.59. The summed E-state index contributed by atoms with van der Waals surface area (Å²) in [4.78, 5) is 11.0. The second-order valence-corrected chi connectivity index (χ2v) is 5.40. The van der Waals surface area contributed by atoms with Gasteiger partial charge in [-0.15, -0.1) is 0 Å². The molecule has 0 aromatic carbocycles. The number of carboxylic acid groups (broad SMARTS) is 1. The summed E-state index contributed by atoms with van der Waals surface area (Å²) >= 11 is 0. The SMILES string of the molecule is CCCNC(CCOC1CCCC(C)C1)C(=O)O. The summed E-state index contributed by atoms with van der Waals surface area (Å²) in [6.07, 6.45) is 6.64. The third kappa shape index (κ3) is 5.83. The van der Waals surface area contributed by atoms with Crippen molar-refractivity contribution in [2.75, 3.05) is 13.2 Å². The Morgan fingerprint density at radius 3 is 2.89 bits per heavy atom. The van der Waals surface area contributed by atoms with Crippen LogP contribution < -0.4 is 5.32 Å². The van der Waals surface area contributed by atoms with Crippen LogP contribution in [0.5, 0.6) is 0 Å². The highest BCUT2D eigenvalue weighted by atomic mass is 16.5. The minimum Gasteiger partial charge on any atom is -0.480 e. The van der Waals surface area contributed by atoms with Crippen molar-refractivity contribution in [2.45, 2.75) is 64.5 Å². The number of nitrogens with one attached hydrogen (secondary N) is 1. The van der Waals surface area contributed by atoms with Crippen molar-refractivity contribution in [3.8, 4) is 0 Å². The van der Waals surface area contributed by atoms with E-state index in [0.717, 1.165) is 31.7 Å². The largest absolute Gasteiger partial charge is 0.480 e. The Kier molecular flexibility index (Phi) is 7.28. The molecule has 106 valence electrons. The second kappa shape index (κ2) is 8.48. The zero-order valence-electron chi connectivity index (χ0n) is 11.7. The summed E-state index contributed by atoms with van der Waals surface area (Å²) in [7, 11) is 0. The Morgan fingerprint density at radius 2 is 2.28 bits per heavy atom. The molecule has 0 radical (unpaired) electrons. The van der Waals surface area contributed by atoms with Gasteiger partial charge in [-0.25, -0.2) is 0 Å². The van der Waals surface area contributed by atoms with Gasteiger partial charge < -0.3 is 15.2 Å². The van der Waals surface area contributed by atoms with E-state index in [4.69, 9.17) is 9.84 Å². The third-order valence-corrected chi connectivity index (χ3v) is 3.59. The average molecular weight is 257 g/mol. The Bertz CT molecular complexity index is 245. The molecule has 0 spiro atoms. The minimum absolute atomic E-state index is 0.342. The van der Waals surface area contributed by atoms with E-state index < -0.39 is 12.0 Å². The molecule has 3 unspecified atom stereocenters. The van der Waals surface area contributed by atoms with Gasteiger partial charge in [0.05, 0.1) is 6.10 Å². The molecule has 1 aliphatic carbocycles. The van der Waals surface area contributed by atoms with Gasteiger partial charge in [0.2, 0.25) is 0 Å². The highest BCUT2D eigenvalue weighted by Gasteiger charge is 2.21. The average Bonchev–Trinajstić information content (AvgIpc) is 2.33. The van der Waals surface area contributed by atoms with E-state index in [-0.39, 0.29) is 0 Å². The van der Waals surface area contributed by atoms with Crippen molar-refractivity contribution in [3.05, 3.63) is 0 Å². The van der Waals surface area contributed by atoms with Gasteiger partial charge in [-0.05, 0) is 38.1 Å². The first kappa shape index (κ1) is 15.4. The van der Waals surface area contributed by atoms with E-state index in [1.807, 2.05) is 6.92 Å². The summed E-state index contributed by atoms with van der Waals surface area (Å²) < 4.78 is 5.81. The van der Waals surface area contributed by atoms with Crippen molar-refractivity contribution in [3.63, 3.8) is 0 Å². The number of hydrogen-bond acceptors (Lipinski definition) is 3. The lowest BCUT2D eigenvalue weighted by atomic mass is 9.89. The maximum Gasteiger partial charge on any atom is 0.320 e. The van der Waals surface area contributed by atoms with Crippen molar-refractivity contribution in [2.24, 2.45) is 5.92 Å². The molecule has 1 aliphatic rings. The van der Waals surface area contributed by atoms with Crippen molar-refractivity contribution >= 4 is 5.97 Å². The van der Waals surface area contributed by atoms with E-state index in [9.17, 15) is 4.79 Å². The number of carboxylic acids is 1. The van der Waals surface area contributed by atoms with Gasteiger partial charge in [0.15, 0.2) is 0 Å². The number of hydrogen-bond donors (Lipinski definition) is 2. The first-order valence-electron chi connectivity index (χ1n) is 7.21. The zero-order chi connectivity index (χ0) is 13.4. The van der Waals surface area contributed by atoms with Gasteiger partial charge in [-0.1, -0.05) is 26.7 Å². The molecule has 18 heavy (non-hydrogen) atoms. The molecule has 0 aromatic heterocycles. The van der Waals surface area contributed by atoms with E-state index >= 15 is 0 Å². The summed E-state index contributed by atoms with van der Waals surface area (Å²) in [5.74, 6) is -0.0266. The summed E-state index contributed by atoms with van der Waals surface area (Å²) in [5, 5.41) is 12.1. The molecular formula is C14H27NO3. The molecule has 1 rings (SSSR count). The van der Waals surface area contributed by atoms with Crippen molar-refractivity contribution in [1.82, 2.24) is 5.32 Å². The molecule has 0 heterocycles. The van der Waals surface area contributed by atoms with Crippen LogP contribution in [0.4, 0.5) is 0 Å². The van der Waals surface area contributed by atoms with E-state index in [1.54, 1.807) is 0 Å². The van der Waals surface area contributed by atoms with Crippen LogP contribution >= 0.6 is 0 Å². The van der Waals surface area contributed by atoms with Crippen LogP contribution in [0.2, 0.25) is 0 Å². The molecule has 1 saturated carbocycles. The predicted octanol–water partition coefficient (Wildman–Crippen LogP) is 2.42. The highest BCUT2D eigenvalue weighted by molar-refractivity contribution is 5.73. The zero-order valence-corrected chi connectivity index (χ0v) is 11.7. The smallest absolute Gasteiger partial charge is 0.320 e. The molecular weight excluding hydrogens is 230 g/mol. The van der Waals surface area contributed by atoms with Crippen LogP contribution in [0, 0.1) is 5.92 Å². The van der Waals surface area contributed by atoms with Gasteiger partial charge >= 0.3 is 5.97 Å². The van der Waals surface area contributed by atoms with Crippen LogP contribution in [0.3, 0.4) is 0 Å². The molecule has 0 aromatic rings. The molecule has 0 aliphatic heterocycles. The van der Waals surface area contributed by atoms with Crippen LogP contribution in [0.25, 0.3) is 0 Å². The molecule has 0 amide bonds. The second-order valence-electron chi connectivity index (χ2n) is 5.40. The Balaban J connectivity index is 2.19. The quantitative estimate of drug-likeness (QED) is 0.701. The summed E-state index contributed by atoms with van der Waals surface area (Å²) in [5.41, 5.74) is 0. The highest BCUT2D eigenvalue weighted by Crippen LogP contribution is 2.25. The van der Waals surface area contributed by atoms with Crippen molar-refractivity contribution < 1.29 is 14.6 Å². The molecule has 2 N–H and O–H groups in total. The monoisotopic (exact) mass is 257 g/mol. The number of rotatable bonds is 8. The lowest BCUT2D eigenvalue weighted by Crippen LogP contribution is -2.38. The fourth-order valence-corrected chi connectivity index (χ4v) is 2.51. The van der Waals surface area contributed by atoms with E-state index in [0.29, 0.717) is 19.1 Å². The lowest BCUT2D eigenvalue weighted by Gasteiger charge is -2.27. The standard InChI is InChI=1S/C14H27NO3/c1-3-8-15-13(14(16)17)7-9-18-12-6-4-5-11(2)10-12/h11-13,15H,3-10H2,1-2H3,(H,16,17). The van der Waals surface area contributed by atoms with Crippen LogP contribution in [-0.4, -0.2) is 36.4 Å². The van der Waals surface area contributed by atoms with E-state index in [2.05, 4.69) is 12.2 Å². The Morgan fingerprint density at radius 1 is 1.50 bits per heavy atom. The van der Waals surface area contributed by atoms with Gasteiger partial charge in [0.25, 0.3) is 0 Å². The van der Waals surface area contributed by atoms with Gasteiger partial charge in [-0.2, -0.15) is 0 Å². The molecule has 0 bridgehead atoms. The van der Waals surface area contributed by atoms with Gasteiger partial charge in [-0.3, -0.25) is 4.79 Å². The lowest BCUT2D eigenvalue weighted by molar-refractivity contribution is -0.140. The first-order chi connectivity index (χ1) is 8.63. The molecule has 4 heteroatoms. The Labute approximate surface area is 110 Å². The van der Waals surface area contributed by atoms with Crippen LogP contribution in [0.1, 0.15) is 52.4 Å². The normalized spacial score (nSPS) is 25.9. The number of ether oxygens (including phenoxy) is 1. The maximum atomic E-state index is 11.0. The fraction of sp³-hybridized carbons (Fsp3) is 0.929. The third-order valence-electron chi connectivity index (χ3n) is 3.59. The minimum atomic E-state index is -0.774. The molecule has 0 saturated heterocycles. The summed E-state index contributed by atoms with van der Waals surface area (Å²) in [6, 6.07) is -0.467. The van der Waals surface area contributed by atoms with Gasteiger partial charge in [0.1, 0.15) is 6.04 Å². The topological polar surface area (TPSA) is 58.6 Å². The Hall–Kier alpha value is -0.610. The number of carbonyl (C=O) groups is 1. The van der Waals surface area contributed by atoms with Crippen molar-refractivity contribution in [1.29, 1.82) is 0 Å². The molecule has 3 atom stereocenters. The van der Waals surface area contributed by atoms with Gasteiger partial charge in [0, 0.05) is 6.61 Å². The van der Waals surface area contributed by atoms with Crippen LogP contribution in [-0.2, 0) is 9.53 Å².